The van der Waals surface area contributed by atoms with Gasteiger partial charge in [-0.3, -0.25) is 0 Å². The molecule has 5 heteroatoms. The number of ether oxygens (including phenoxy) is 1. The second-order valence-electron chi connectivity index (χ2n) is 3.56. The van der Waals surface area contributed by atoms with E-state index in [0.29, 0.717) is 18.0 Å². The van der Waals surface area contributed by atoms with Crippen LogP contribution in [0.2, 0.25) is 0 Å². The molecule has 0 atom stereocenters. The number of hydrogen-bond donors (Lipinski definition) is 1. The van der Waals surface area contributed by atoms with Crippen LogP contribution in [0.3, 0.4) is 0 Å². The van der Waals surface area contributed by atoms with Crippen LogP contribution in [0.5, 0.6) is 5.75 Å². The van der Waals surface area contributed by atoms with Crippen LogP contribution in [0.4, 0.5) is 5.69 Å². The molecular formula is C14H12N4O. The van der Waals surface area contributed by atoms with Gasteiger partial charge in [0, 0.05) is 0 Å². The van der Waals surface area contributed by atoms with E-state index in [0.717, 1.165) is 6.42 Å². The van der Waals surface area contributed by atoms with Crippen LogP contribution in [-0.4, -0.2) is 6.61 Å². The van der Waals surface area contributed by atoms with Gasteiger partial charge in [-0.2, -0.15) is 15.8 Å². The second kappa shape index (κ2) is 7.37. The highest BCUT2D eigenvalue weighted by molar-refractivity contribution is 5.64. The molecule has 0 amide bonds. The van der Waals surface area contributed by atoms with Crippen molar-refractivity contribution in [2.75, 3.05) is 11.9 Å². The maximum atomic E-state index is 8.97. The number of nitriles is 3. The largest absolute Gasteiger partial charge is 0.491 e. The quantitative estimate of drug-likeness (QED) is 0.813. The van der Waals surface area contributed by atoms with Crippen molar-refractivity contribution in [3.05, 3.63) is 35.5 Å². The Kier molecular flexibility index (Phi) is 5.47. The molecule has 0 fully saturated rings. The van der Waals surface area contributed by atoms with E-state index in [4.69, 9.17) is 20.5 Å². The maximum Gasteiger partial charge on any atom is 0.163 e. The van der Waals surface area contributed by atoms with Crippen LogP contribution >= 0.6 is 0 Å². The van der Waals surface area contributed by atoms with Crippen LogP contribution in [0, 0.1) is 34.0 Å². The molecule has 94 valence electrons. The summed E-state index contributed by atoms with van der Waals surface area (Å²) in [4.78, 5) is 0. The second-order valence-corrected chi connectivity index (χ2v) is 3.56. The molecule has 1 aromatic carbocycles. The van der Waals surface area contributed by atoms with Crippen LogP contribution < -0.4 is 10.1 Å². The van der Waals surface area contributed by atoms with E-state index in [1.165, 1.54) is 0 Å². The first-order chi connectivity index (χ1) is 9.26. The first kappa shape index (κ1) is 14.1. The summed E-state index contributed by atoms with van der Waals surface area (Å²) in [6.45, 7) is 2.54. The highest BCUT2D eigenvalue weighted by Gasteiger charge is 2.09. The van der Waals surface area contributed by atoms with E-state index in [1.54, 1.807) is 42.5 Å². The van der Waals surface area contributed by atoms with Gasteiger partial charge in [0.15, 0.2) is 5.57 Å². The smallest absolute Gasteiger partial charge is 0.163 e. The predicted molar refractivity (Wildman–Crippen MR) is 69.7 cm³/mol. The van der Waals surface area contributed by atoms with Crippen molar-refractivity contribution in [1.29, 1.82) is 15.8 Å². The minimum Gasteiger partial charge on any atom is -0.491 e. The molecular weight excluding hydrogens is 240 g/mol. The molecule has 0 heterocycles. The van der Waals surface area contributed by atoms with Gasteiger partial charge >= 0.3 is 0 Å². The fraction of sp³-hybridized carbons (Fsp3) is 0.214. The van der Waals surface area contributed by atoms with Gasteiger partial charge in [0.25, 0.3) is 0 Å². The third kappa shape index (κ3) is 3.77. The maximum absolute atomic E-state index is 8.97. The Morgan fingerprint density at radius 2 is 1.84 bits per heavy atom. The number of anilines is 1. The lowest BCUT2D eigenvalue weighted by Gasteiger charge is -2.11. The summed E-state index contributed by atoms with van der Waals surface area (Å²) in [7, 11) is 0. The molecule has 0 spiro atoms. The lowest BCUT2D eigenvalue weighted by atomic mass is 10.2. The molecule has 0 radical (unpaired) electrons. The molecule has 1 aromatic rings. The van der Waals surface area contributed by atoms with E-state index in [1.807, 2.05) is 6.92 Å². The normalized spacial score (nSPS) is 8.53. The minimum atomic E-state index is -0.257. The van der Waals surface area contributed by atoms with Crippen LogP contribution in [0.25, 0.3) is 0 Å². The molecule has 0 aliphatic heterocycles. The lowest BCUT2D eigenvalue weighted by molar-refractivity contribution is 0.319. The Balaban J connectivity index is 3.07. The monoisotopic (exact) mass is 252 g/mol. The Morgan fingerprint density at radius 1 is 1.16 bits per heavy atom. The molecule has 1 N–H and O–H groups in total. The number of allylic oxidation sites excluding steroid dienone is 2. The number of hydrogen-bond acceptors (Lipinski definition) is 5. The number of para-hydroxylation sites is 2. The molecule has 0 saturated carbocycles. The molecule has 0 aromatic heterocycles. The van der Waals surface area contributed by atoms with Crippen molar-refractivity contribution in [1.82, 2.24) is 0 Å². The summed E-state index contributed by atoms with van der Waals surface area (Å²) in [6.07, 6.45) is 0.858. The van der Waals surface area contributed by atoms with Gasteiger partial charge in [-0.1, -0.05) is 19.1 Å². The highest BCUT2D eigenvalue weighted by atomic mass is 16.5. The number of nitrogens with zero attached hydrogens (tertiary/aromatic N) is 3. The number of rotatable bonds is 5. The van der Waals surface area contributed by atoms with Crippen molar-refractivity contribution in [2.45, 2.75) is 13.3 Å². The van der Waals surface area contributed by atoms with Crippen molar-refractivity contribution in [3.63, 3.8) is 0 Å². The summed E-state index contributed by atoms with van der Waals surface area (Å²) >= 11 is 0. The van der Waals surface area contributed by atoms with Gasteiger partial charge in [0.2, 0.25) is 0 Å². The van der Waals surface area contributed by atoms with Gasteiger partial charge in [0.1, 0.15) is 29.7 Å². The van der Waals surface area contributed by atoms with E-state index in [-0.39, 0.29) is 11.3 Å². The predicted octanol–water partition coefficient (Wildman–Crippen LogP) is 2.71. The van der Waals surface area contributed by atoms with Crippen molar-refractivity contribution < 1.29 is 4.74 Å². The molecule has 0 saturated heterocycles. The van der Waals surface area contributed by atoms with Gasteiger partial charge in [-0.25, -0.2) is 0 Å². The van der Waals surface area contributed by atoms with Crippen LogP contribution in [0.1, 0.15) is 13.3 Å². The zero-order valence-electron chi connectivity index (χ0n) is 10.5. The molecule has 1 rings (SSSR count). The van der Waals surface area contributed by atoms with Crippen molar-refractivity contribution in [3.8, 4) is 24.0 Å². The topological polar surface area (TPSA) is 92.6 Å². The van der Waals surface area contributed by atoms with Gasteiger partial charge in [-0.15, -0.1) is 0 Å². The summed E-state index contributed by atoms with van der Waals surface area (Å²) in [6, 6.07) is 12.2. The zero-order chi connectivity index (χ0) is 14.1. The van der Waals surface area contributed by atoms with Crippen LogP contribution in [0.15, 0.2) is 35.5 Å². The molecule has 0 aliphatic rings. The van der Waals surface area contributed by atoms with Crippen molar-refractivity contribution >= 4 is 5.69 Å². The van der Waals surface area contributed by atoms with Crippen molar-refractivity contribution in [2.24, 2.45) is 0 Å². The summed E-state index contributed by atoms with van der Waals surface area (Å²) in [5.41, 5.74) is 0.209. The molecule has 0 bridgehead atoms. The molecule has 19 heavy (non-hydrogen) atoms. The summed E-state index contributed by atoms with van der Waals surface area (Å²) in [5, 5.41) is 29.3. The summed E-state index contributed by atoms with van der Waals surface area (Å²) < 4.78 is 5.52. The third-order valence-corrected chi connectivity index (χ3v) is 2.19. The van der Waals surface area contributed by atoms with Crippen LogP contribution in [-0.2, 0) is 0 Å². The third-order valence-electron chi connectivity index (χ3n) is 2.19. The zero-order valence-corrected chi connectivity index (χ0v) is 10.5. The standard InChI is InChI=1S/C14H12N4O/c1-2-7-19-14-6-4-3-5-12(14)18-13(10-17)11(8-15)9-16/h3-6,18H,2,7H2,1H3. The molecule has 0 unspecified atom stereocenters. The Bertz CT molecular complexity index is 583. The SMILES string of the molecule is CCCOc1ccccc1NC(C#N)=C(C#N)C#N. The minimum absolute atomic E-state index is 0.0856. The molecule has 0 aliphatic carbocycles. The van der Waals surface area contributed by atoms with Gasteiger partial charge in [0.05, 0.1) is 12.3 Å². The fourth-order valence-corrected chi connectivity index (χ4v) is 1.33. The Labute approximate surface area is 112 Å². The first-order valence-electron chi connectivity index (χ1n) is 5.70. The van der Waals surface area contributed by atoms with E-state index >= 15 is 0 Å². The highest BCUT2D eigenvalue weighted by Crippen LogP contribution is 2.25. The number of benzene rings is 1. The van der Waals surface area contributed by atoms with Gasteiger partial charge in [-0.05, 0) is 18.6 Å². The number of nitrogens with one attached hydrogen (secondary N) is 1. The Morgan fingerprint density at radius 3 is 2.42 bits per heavy atom. The average Bonchev–Trinajstić information content (AvgIpc) is 2.46. The van der Waals surface area contributed by atoms with E-state index < -0.39 is 0 Å². The summed E-state index contributed by atoms with van der Waals surface area (Å²) in [5.74, 6) is 0.576. The molecule has 5 nitrogen and oxygen atoms in total. The van der Waals surface area contributed by atoms with E-state index in [9.17, 15) is 0 Å². The average molecular weight is 252 g/mol. The first-order valence-corrected chi connectivity index (χ1v) is 5.70. The lowest BCUT2D eigenvalue weighted by Crippen LogP contribution is -2.04. The van der Waals surface area contributed by atoms with E-state index in [2.05, 4.69) is 5.32 Å². The van der Waals surface area contributed by atoms with Gasteiger partial charge < -0.3 is 10.1 Å². The Hall–Kier alpha value is -2.97. The fourth-order valence-electron chi connectivity index (χ4n) is 1.33.